The van der Waals surface area contributed by atoms with Crippen molar-refractivity contribution in [3.63, 3.8) is 0 Å². The number of rotatable bonds is 5. The zero-order valence-corrected chi connectivity index (χ0v) is 17.7. The molecule has 0 aromatic heterocycles. The maximum Gasteiger partial charge on any atom is 0.257 e. The minimum Gasteiger partial charge on any atom is -0.497 e. The lowest BCUT2D eigenvalue weighted by Gasteiger charge is -2.44. The number of anilines is 1. The van der Waals surface area contributed by atoms with Gasteiger partial charge >= 0.3 is 0 Å². The number of hydrogen-bond acceptors (Lipinski definition) is 4. The molecule has 2 aromatic carbocycles. The molecule has 0 spiro atoms. The molecule has 2 aromatic rings. The van der Waals surface area contributed by atoms with Gasteiger partial charge in [-0.3, -0.25) is 9.59 Å². The van der Waals surface area contributed by atoms with E-state index in [4.69, 9.17) is 4.74 Å². The van der Waals surface area contributed by atoms with E-state index >= 15 is 0 Å². The quantitative estimate of drug-likeness (QED) is 0.819. The van der Waals surface area contributed by atoms with Crippen LogP contribution in [-0.4, -0.2) is 43.1 Å². The molecule has 1 fully saturated rings. The maximum absolute atomic E-state index is 13.1. The molecule has 2 heterocycles. The minimum absolute atomic E-state index is 0.0896. The van der Waals surface area contributed by atoms with E-state index in [-0.39, 0.29) is 18.0 Å². The molecule has 2 aliphatic heterocycles. The second kappa shape index (κ2) is 8.78. The largest absolute Gasteiger partial charge is 0.497 e. The van der Waals surface area contributed by atoms with Gasteiger partial charge in [0.1, 0.15) is 11.9 Å². The third-order valence-corrected chi connectivity index (χ3v) is 6.09. The molecule has 1 atom stereocenters. The van der Waals surface area contributed by atoms with E-state index in [9.17, 15) is 9.59 Å². The number of nitrogens with one attached hydrogen (secondary N) is 1. The summed E-state index contributed by atoms with van der Waals surface area (Å²) in [7, 11) is 1.63. The number of carbonyl (C=O) groups is 2. The van der Waals surface area contributed by atoms with Gasteiger partial charge in [0.05, 0.1) is 18.4 Å². The standard InChI is InChI=1S/C24H29N3O3/c1-3-26-21-15-18(23(28)25-16-17-8-11-19(30-2)12-9-17)10-13-20(21)24(29)27-14-6-4-5-7-22(26)27/h8-13,15,22H,3-7,14,16H2,1-2H3,(H,25,28)/t22-/m0/s1. The number of fused-ring (bicyclic) bond motifs is 2. The van der Waals surface area contributed by atoms with Crippen molar-refractivity contribution in [2.75, 3.05) is 25.1 Å². The third-order valence-electron chi connectivity index (χ3n) is 6.09. The Morgan fingerprint density at radius 1 is 1.13 bits per heavy atom. The Morgan fingerprint density at radius 2 is 1.93 bits per heavy atom. The van der Waals surface area contributed by atoms with Crippen LogP contribution < -0.4 is 15.0 Å². The van der Waals surface area contributed by atoms with E-state index in [1.54, 1.807) is 13.2 Å². The van der Waals surface area contributed by atoms with Gasteiger partial charge in [0, 0.05) is 25.2 Å². The number of carbonyl (C=O) groups excluding carboxylic acids is 2. The fraction of sp³-hybridized carbons (Fsp3) is 0.417. The number of hydrogen-bond donors (Lipinski definition) is 1. The predicted molar refractivity (Wildman–Crippen MR) is 117 cm³/mol. The van der Waals surface area contributed by atoms with Crippen LogP contribution in [0.5, 0.6) is 5.75 Å². The molecule has 0 unspecified atom stereocenters. The Bertz CT molecular complexity index is 926. The lowest BCUT2D eigenvalue weighted by Crippen LogP contribution is -2.55. The van der Waals surface area contributed by atoms with E-state index in [1.807, 2.05) is 41.3 Å². The average molecular weight is 408 g/mol. The number of amides is 2. The van der Waals surface area contributed by atoms with Crippen molar-refractivity contribution in [3.8, 4) is 5.75 Å². The molecule has 158 valence electrons. The van der Waals surface area contributed by atoms with Crippen molar-refractivity contribution in [1.82, 2.24) is 10.2 Å². The van der Waals surface area contributed by atoms with Gasteiger partial charge < -0.3 is 19.9 Å². The van der Waals surface area contributed by atoms with Gasteiger partial charge in [-0.1, -0.05) is 18.6 Å². The van der Waals surface area contributed by atoms with Crippen molar-refractivity contribution >= 4 is 17.5 Å². The van der Waals surface area contributed by atoms with Crippen LogP contribution >= 0.6 is 0 Å². The maximum atomic E-state index is 13.1. The Hall–Kier alpha value is -3.02. The summed E-state index contributed by atoms with van der Waals surface area (Å²) in [5, 5.41) is 2.98. The van der Waals surface area contributed by atoms with Crippen LogP contribution in [0.4, 0.5) is 5.69 Å². The Labute approximate surface area is 177 Å². The first-order valence-electron chi connectivity index (χ1n) is 10.7. The predicted octanol–water partition coefficient (Wildman–Crippen LogP) is 3.81. The molecule has 0 bridgehead atoms. The van der Waals surface area contributed by atoms with Gasteiger partial charge in [0.25, 0.3) is 11.8 Å². The fourth-order valence-corrected chi connectivity index (χ4v) is 4.47. The molecule has 1 saturated heterocycles. The Morgan fingerprint density at radius 3 is 2.67 bits per heavy atom. The molecule has 0 aliphatic carbocycles. The Balaban J connectivity index is 1.54. The zero-order valence-electron chi connectivity index (χ0n) is 17.7. The summed E-state index contributed by atoms with van der Waals surface area (Å²) in [5.41, 5.74) is 3.15. The van der Waals surface area contributed by atoms with Crippen LogP contribution in [0.2, 0.25) is 0 Å². The van der Waals surface area contributed by atoms with Crippen molar-refractivity contribution in [2.45, 2.75) is 45.3 Å². The topological polar surface area (TPSA) is 61.9 Å². The summed E-state index contributed by atoms with van der Waals surface area (Å²) in [6, 6.07) is 13.1. The Kier molecular flexibility index (Phi) is 5.93. The fourth-order valence-electron chi connectivity index (χ4n) is 4.47. The second-order valence-electron chi connectivity index (χ2n) is 7.88. The molecule has 6 nitrogen and oxygen atoms in total. The van der Waals surface area contributed by atoms with Gasteiger partial charge in [0.2, 0.25) is 0 Å². The first-order valence-corrected chi connectivity index (χ1v) is 10.7. The summed E-state index contributed by atoms with van der Waals surface area (Å²) < 4.78 is 5.17. The van der Waals surface area contributed by atoms with Crippen molar-refractivity contribution < 1.29 is 14.3 Å². The highest BCUT2D eigenvalue weighted by molar-refractivity contribution is 6.04. The number of nitrogens with zero attached hydrogens (tertiary/aromatic N) is 2. The van der Waals surface area contributed by atoms with Gasteiger partial charge in [-0.2, -0.15) is 0 Å². The number of benzene rings is 2. The highest BCUT2D eigenvalue weighted by atomic mass is 16.5. The third kappa shape index (κ3) is 3.86. The van der Waals surface area contributed by atoms with Crippen molar-refractivity contribution in [3.05, 3.63) is 59.2 Å². The van der Waals surface area contributed by atoms with Crippen molar-refractivity contribution in [1.29, 1.82) is 0 Å². The summed E-state index contributed by atoms with van der Waals surface area (Å²) in [5.74, 6) is 0.740. The lowest BCUT2D eigenvalue weighted by molar-refractivity contribution is 0.0656. The molecule has 4 rings (SSSR count). The molecule has 30 heavy (non-hydrogen) atoms. The van der Waals surface area contributed by atoms with Crippen LogP contribution in [0.25, 0.3) is 0 Å². The monoisotopic (exact) mass is 407 g/mol. The van der Waals surface area contributed by atoms with E-state index in [2.05, 4.69) is 17.1 Å². The smallest absolute Gasteiger partial charge is 0.257 e. The molecule has 1 N–H and O–H groups in total. The van der Waals surface area contributed by atoms with E-state index in [0.717, 1.165) is 55.8 Å². The van der Waals surface area contributed by atoms with Gasteiger partial charge in [-0.05, 0) is 62.1 Å². The molecule has 2 amide bonds. The van der Waals surface area contributed by atoms with Crippen molar-refractivity contribution in [2.24, 2.45) is 0 Å². The van der Waals surface area contributed by atoms with Crippen LogP contribution in [0.3, 0.4) is 0 Å². The lowest BCUT2D eigenvalue weighted by atomic mass is 10.0. The second-order valence-corrected chi connectivity index (χ2v) is 7.88. The SMILES string of the molecule is CCN1c2cc(C(=O)NCc3ccc(OC)cc3)ccc2C(=O)N2CCCCC[C@H]21. The number of ether oxygens (including phenoxy) is 1. The van der Waals surface area contributed by atoms with Gasteiger partial charge in [-0.15, -0.1) is 0 Å². The molecule has 2 aliphatic rings. The first kappa shape index (κ1) is 20.3. The van der Waals surface area contributed by atoms with Crippen LogP contribution in [0.1, 0.15) is 58.9 Å². The average Bonchev–Trinajstić information content (AvgIpc) is 3.04. The molecular weight excluding hydrogens is 378 g/mol. The normalized spacial score (nSPS) is 18.3. The minimum atomic E-state index is -0.139. The molecule has 0 saturated carbocycles. The first-order chi connectivity index (χ1) is 14.6. The van der Waals surface area contributed by atoms with Crippen LogP contribution in [0, 0.1) is 0 Å². The summed E-state index contributed by atoms with van der Waals surface area (Å²) >= 11 is 0. The van der Waals surface area contributed by atoms with E-state index in [0.29, 0.717) is 17.7 Å². The van der Waals surface area contributed by atoms with E-state index in [1.165, 1.54) is 0 Å². The molecule has 6 heteroatoms. The van der Waals surface area contributed by atoms with Gasteiger partial charge in [-0.25, -0.2) is 0 Å². The van der Waals surface area contributed by atoms with E-state index < -0.39 is 0 Å². The van der Waals surface area contributed by atoms with Gasteiger partial charge in [0.15, 0.2) is 0 Å². The zero-order chi connectivity index (χ0) is 21.1. The summed E-state index contributed by atoms with van der Waals surface area (Å²) in [6.07, 6.45) is 4.42. The number of methoxy groups -OCH3 is 1. The molecular formula is C24H29N3O3. The highest BCUT2D eigenvalue weighted by Crippen LogP contribution is 2.35. The molecule has 0 radical (unpaired) electrons. The van der Waals surface area contributed by atoms with Crippen LogP contribution in [-0.2, 0) is 6.54 Å². The highest BCUT2D eigenvalue weighted by Gasteiger charge is 2.37. The summed E-state index contributed by atoms with van der Waals surface area (Å²) in [4.78, 5) is 30.2. The van der Waals surface area contributed by atoms with Crippen LogP contribution in [0.15, 0.2) is 42.5 Å². The summed E-state index contributed by atoms with van der Waals surface area (Å²) in [6.45, 7) is 4.16.